The van der Waals surface area contributed by atoms with Crippen LogP contribution in [0.2, 0.25) is 0 Å². The van der Waals surface area contributed by atoms with Crippen LogP contribution in [0.3, 0.4) is 0 Å². The van der Waals surface area contributed by atoms with Crippen LogP contribution in [-0.2, 0) is 0 Å². The number of hydrogen-bond acceptors (Lipinski definition) is 0. The van der Waals surface area contributed by atoms with Gasteiger partial charge in [-0.2, -0.15) is 0 Å². The van der Waals surface area contributed by atoms with Gasteiger partial charge in [0.2, 0.25) is 0 Å². The molecule has 1 aromatic heterocycles. The monoisotopic (exact) mass is 439 g/mol. The van der Waals surface area contributed by atoms with Crippen LogP contribution in [0.1, 0.15) is 154 Å². The van der Waals surface area contributed by atoms with Crippen LogP contribution in [0.5, 0.6) is 0 Å². The van der Waals surface area contributed by atoms with E-state index < -0.39 is 0 Å². The summed E-state index contributed by atoms with van der Waals surface area (Å²) in [5.41, 5.74) is 2.99. The van der Waals surface area contributed by atoms with Crippen LogP contribution in [0.4, 0.5) is 0 Å². The van der Waals surface area contributed by atoms with Crippen molar-refractivity contribution in [2.75, 3.05) is 0 Å². The van der Waals surface area contributed by atoms with E-state index >= 15 is 0 Å². The molecule has 0 radical (unpaired) electrons. The van der Waals surface area contributed by atoms with Crippen molar-refractivity contribution in [3.05, 3.63) is 36.0 Å². The van der Waals surface area contributed by atoms with E-state index in [9.17, 15) is 0 Å². The number of rotatable bonds is 19. The number of hydrogen-bond donors (Lipinski definition) is 0. The summed E-state index contributed by atoms with van der Waals surface area (Å²) in [6, 6.07) is 10.4. The Bertz CT molecular complexity index is 698. The summed E-state index contributed by atoms with van der Waals surface area (Å²) >= 11 is 0. The molecule has 0 aliphatic rings. The molecule has 0 N–H and O–H groups in total. The average molecular weight is 440 g/mol. The lowest BCUT2D eigenvalue weighted by Crippen LogP contribution is -2.08. The molecule has 182 valence electrons. The lowest BCUT2D eigenvalue weighted by molar-refractivity contribution is 0.403. The summed E-state index contributed by atoms with van der Waals surface area (Å²) < 4.78 is 2.63. The number of fused-ring (bicyclic) bond motifs is 1. The molecular weight excluding hydrogens is 386 g/mol. The Morgan fingerprint density at radius 3 is 1.75 bits per heavy atom. The first-order chi connectivity index (χ1) is 15.7. The van der Waals surface area contributed by atoms with Crippen LogP contribution in [0, 0.1) is 0 Å². The Kier molecular flexibility index (Phi) is 13.8. The van der Waals surface area contributed by atoms with Crippen LogP contribution >= 0.6 is 0 Å². The van der Waals surface area contributed by atoms with Gasteiger partial charge in [0.25, 0.3) is 0 Å². The maximum absolute atomic E-state index is 2.63. The van der Waals surface area contributed by atoms with E-state index in [2.05, 4.69) is 62.7 Å². The SMILES string of the molecule is CCCCCCCC(CCCCCCC)n1ccc2cc(C(C)CCCCCC)ccc21. The minimum Gasteiger partial charge on any atom is -0.344 e. The second-order valence-corrected chi connectivity index (χ2v) is 10.4. The Labute approximate surface area is 200 Å². The normalized spacial score (nSPS) is 12.8. The van der Waals surface area contributed by atoms with Gasteiger partial charge in [0.05, 0.1) is 0 Å². The van der Waals surface area contributed by atoms with E-state index in [1.54, 1.807) is 0 Å². The van der Waals surface area contributed by atoms with Gasteiger partial charge in [0.1, 0.15) is 0 Å². The van der Waals surface area contributed by atoms with Crippen LogP contribution in [-0.4, -0.2) is 4.57 Å². The molecule has 0 saturated heterocycles. The van der Waals surface area contributed by atoms with Crippen molar-refractivity contribution in [2.45, 2.75) is 149 Å². The van der Waals surface area contributed by atoms with Gasteiger partial charge >= 0.3 is 0 Å². The predicted octanol–water partition coefficient (Wildman–Crippen LogP) is 11.0. The van der Waals surface area contributed by atoms with Gasteiger partial charge in [-0.05, 0) is 54.3 Å². The smallest absolute Gasteiger partial charge is 0.0483 e. The van der Waals surface area contributed by atoms with E-state index in [0.717, 1.165) is 0 Å². The van der Waals surface area contributed by atoms with Gasteiger partial charge in [0.15, 0.2) is 0 Å². The molecule has 0 amide bonds. The van der Waals surface area contributed by atoms with E-state index in [1.165, 1.54) is 126 Å². The Morgan fingerprint density at radius 1 is 0.625 bits per heavy atom. The zero-order valence-corrected chi connectivity index (χ0v) is 22.0. The number of unbranched alkanes of at least 4 members (excludes halogenated alkanes) is 11. The highest BCUT2D eigenvalue weighted by Gasteiger charge is 2.14. The molecule has 0 saturated carbocycles. The van der Waals surface area contributed by atoms with Crippen molar-refractivity contribution >= 4 is 10.9 Å². The molecule has 1 nitrogen and oxygen atoms in total. The number of benzene rings is 1. The third-order valence-electron chi connectivity index (χ3n) is 7.48. The van der Waals surface area contributed by atoms with Crippen LogP contribution < -0.4 is 0 Å². The Morgan fingerprint density at radius 2 is 1.16 bits per heavy atom. The van der Waals surface area contributed by atoms with Crippen molar-refractivity contribution in [1.82, 2.24) is 4.57 Å². The van der Waals surface area contributed by atoms with Gasteiger partial charge in [0, 0.05) is 17.8 Å². The summed E-state index contributed by atoms with van der Waals surface area (Å²) in [5.74, 6) is 0.674. The van der Waals surface area contributed by atoms with Gasteiger partial charge in [-0.3, -0.25) is 0 Å². The lowest BCUT2D eigenvalue weighted by Gasteiger charge is -2.21. The van der Waals surface area contributed by atoms with Crippen molar-refractivity contribution in [3.63, 3.8) is 0 Å². The first kappa shape index (κ1) is 27.0. The second-order valence-electron chi connectivity index (χ2n) is 10.4. The van der Waals surface area contributed by atoms with Crippen LogP contribution in [0.15, 0.2) is 30.5 Å². The quantitative estimate of drug-likeness (QED) is 0.192. The summed E-state index contributed by atoms with van der Waals surface area (Å²) in [6.07, 6.45) is 25.7. The average Bonchev–Trinajstić information content (AvgIpc) is 3.23. The summed E-state index contributed by atoms with van der Waals surface area (Å²) in [7, 11) is 0. The van der Waals surface area contributed by atoms with Crippen molar-refractivity contribution in [2.24, 2.45) is 0 Å². The third kappa shape index (κ3) is 9.32. The fourth-order valence-electron chi connectivity index (χ4n) is 5.24. The Hall–Kier alpha value is -1.24. The molecule has 1 heterocycles. The van der Waals surface area contributed by atoms with Gasteiger partial charge in [-0.1, -0.05) is 124 Å². The first-order valence-electron chi connectivity index (χ1n) is 14.3. The summed E-state index contributed by atoms with van der Waals surface area (Å²) in [6.45, 7) is 9.34. The molecule has 0 aliphatic heterocycles. The first-order valence-corrected chi connectivity index (χ1v) is 14.3. The fourth-order valence-corrected chi connectivity index (χ4v) is 5.24. The molecule has 1 heteroatoms. The van der Waals surface area contributed by atoms with Gasteiger partial charge in [-0.15, -0.1) is 0 Å². The highest BCUT2D eigenvalue weighted by atomic mass is 15.0. The van der Waals surface area contributed by atoms with Crippen LogP contribution in [0.25, 0.3) is 10.9 Å². The minimum absolute atomic E-state index is 0.674. The number of aromatic nitrogens is 1. The summed E-state index contributed by atoms with van der Waals surface area (Å²) in [4.78, 5) is 0. The zero-order valence-electron chi connectivity index (χ0n) is 22.0. The maximum atomic E-state index is 2.63. The largest absolute Gasteiger partial charge is 0.344 e. The van der Waals surface area contributed by atoms with Crippen molar-refractivity contribution in [1.29, 1.82) is 0 Å². The van der Waals surface area contributed by atoms with Crippen molar-refractivity contribution in [3.8, 4) is 0 Å². The maximum Gasteiger partial charge on any atom is 0.0483 e. The molecular formula is C31H53N. The number of nitrogens with zero attached hydrogens (tertiary/aromatic N) is 1. The van der Waals surface area contributed by atoms with E-state index in [-0.39, 0.29) is 0 Å². The third-order valence-corrected chi connectivity index (χ3v) is 7.48. The standard InChI is InChI=1S/C31H53N/c1-5-8-11-14-17-20-30(21-18-15-12-9-6-2)32-25-24-29-26-28(22-23-31(29)32)27(4)19-16-13-10-7-3/h22-27,30H,5-21H2,1-4H3. The lowest BCUT2D eigenvalue weighted by atomic mass is 9.94. The zero-order chi connectivity index (χ0) is 23.0. The molecule has 1 atom stereocenters. The van der Waals surface area contributed by atoms with E-state index in [1.807, 2.05) is 0 Å². The van der Waals surface area contributed by atoms with Crippen molar-refractivity contribution < 1.29 is 0 Å². The fraction of sp³-hybridized carbons (Fsp3) is 0.742. The van der Waals surface area contributed by atoms with E-state index in [4.69, 9.17) is 0 Å². The van der Waals surface area contributed by atoms with E-state index in [0.29, 0.717) is 12.0 Å². The molecule has 1 unspecified atom stereocenters. The minimum atomic E-state index is 0.674. The molecule has 2 rings (SSSR count). The highest BCUT2D eigenvalue weighted by Crippen LogP contribution is 2.31. The highest BCUT2D eigenvalue weighted by molar-refractivity contribution is 5.81. The molecule has 2 aromatic rings. The molecule has 0 fully saturated rings. The van der Waals surface area contributed by atoms with Gasteiger partial charge in [-0.25, -0.2) is 0 Å². The summed E-state index contributed by atoms with van der Waals surface area (Å²) in [5, 5.41) is 1.45. The molecule has 32 heavy (non-hydrogen) atoms. The molecule has 1 aromatic carbocycles. The molecule has 0 bridgehead atoms. The molecule has 0 spiro atoms. The Balaban J connectivity index is 2.02. The molecule has 0 aliphatic carbocycles. The van der Waals surface area contributed by atoms with Gasteiger partial charge < -0.3 is 4.57 Å². The topological polar surface area (TPSA) is 4.93 Å². The predicted molar refractivity (Wildman–Crippen MR) is 145 cm³/mol. The second kappa shape index (κ2) is 16.4.